The smallest absolute Gasteiger partial charge is 0.228 e. The summed E-state index contributed by atoms with van der Waals surface area (Å²) in [5, 5.41) is 4.10. The van der Waals surface area contributed by atoms with Gasteiger partial charge in [-0.05, 0) is 59.7 Å². The average Bonchev–Trinajstić information content (AvgIpc) is 3.02. The fourth-order valence-electron chi connectivity index (χ4n) is 2.74. The highest BCUT2D eigenvalue weighted by Crippen LogP contribution is 2.16. The van der Waals surface area contributed by atoms with E-state index in [0.29, 0.717) is 6.42 Å². The lowest BCUT2D eigenvalue weighted by atomic mass is 10.1. The van der Waals surface area contributed by atoms with Gasteiger partial charge in [0.15, 0.2) is 0 Å². The van der Waals surface area contributed by atoms with Gasteiger partial charge in [0.2, 0.25) is 5.91 Å². The van der Waals surface area contributed by atoms with Crippen molar-refractivity contribution >= 4 is 22.5 Å². The van der Waals surface area contributed by atoms with Crippen molar-refractivity contribution in [1.29, 1.82) is 0 Å². The van der Waals surface area contributed by atoms with Crippen LogP contribution in [0.1, 0.15) is 30.9 Å². The van der Waals surface area contributed by atoms with Crippen molar-refractivity contribution in [3.8, 4) is 0 Å². The molecule has 0 fully saturated rings. The molecular weight excluding hydrogens is 284 g/mol. The average molecular weight is 306 g/mol. The second-order valence-electron chi connectivity index (χ2n) is 5.92. The summed E-state index contributed by atoms with van der Waals surface area (Å²) in [6, 6.07) is 16.2. The zero-order valence-electron chi connectivity index (χ0n) is 13.4. The molecule has 0 aliphatic carbocycles. The maximum Gasteiger partial charge on any atom is 0.228 e. The highest BCUT2D eigenvalue weighted by Gasteiger charge is 2.05. The highest BCUT2D eigenvalue weighted by atomic mass is 16.1. The third-order valence-corrected chi connectivity index (χ3v) is 4.04. The van der Waals surface area contributed by atoms with Crippen molar-refractivity contribution in [3.05, 3.63) is 65.9 Å². The summed E-state index contributed by atoms with van der Waals surface area (Å²) in [6.07, 6.45) is 5.80. The van der Waals surface area contributed by atoms with Gasteiger partial charge in [-0.1, -0.05) is 31.5 Å². The minimum Gasteiger partial charge on any atom is -0.361 e. The first-order valence-corrected chi connectivity index (χ1v) is 8.19. The van der Waals surface area contributed by atoms with Crippen molar-refractivity contribution in [1.82, 2.24) is 4.98 Å². The lowest BCUT2D eigenvalue weighted by Gasteiger charge is -2.07. The van der Waals surface area contributed by atoms with Gasteiger partial charge in [0, 0.05) is 17.4 Å². The van der Waals surface area contributed by atoms with Gasteiger partial charge in [-0.3, -0.25) is 4.79 Å². The minimum absolute atomic E-state index is 0.0150. The van der Waals surface area contributed by atoms with Crippen LogP contribution in [-0.2, 0) is 17.6 Å². The fraction of sp³-hybridized carbons (Fsp3) is 0.250. The maximum absolute atomic E-state index is 12.2. The Morgan fingerprint density at radius 2 is 1.83 bits per heavy atom. The third kappa shape index (κ3) is 4.01. The van der Waals surface area contributed by atoms with Crippen molar-refractivity contribution in [2.75, 3.05) is 5.32 Å². The Morgan fingerprint density at radius 1 is 1.04 bits per heavy atom. The summed E-state index contributed by atoms with van der Waals surface area (Å²) >= 11 is 0. The number of H-pyrrole nitrogens is 1. The van der Waals surface area contributed by atoms with Gasteiger partial charge in [0.25, 0.3) is 0 Å². The molecule has 3 aromatic rings. The normalized spacial score (nSPS) is 10.8. The first-order chi connectivity index (χ1) is 11.2. The van der Waals surface area contributed by atoms with E-state index in [1.807, 2.05) is 36.5 Å². The lowest BCUT2D eigenvalue weighted by Crippen LogP contribution is -2.14. The second-order valence-corrected chi connectivity index (χ2v) is 5.92. The fourth-order valence-corrected chi connectivity index (χ4v) is 2.74. The van der Waals surface area contributed by atoms with E-state index in [0.717, 1.165) is 28.6 Å². The number of aromatic amines is 1. The number of rotatable bonds is 6. The molecule has 2 N–H and O–H groups in total. The molecule has 0 saturated carbocycles. The molecule has 3 heteroatoms. The van der Waals surface area contributed by atoms with Crippen molar-refractivity contribution in [2.24, 2.45) is 0 Å². The predicted molar refractivity (Wildman–Crippen MR) is 95.7 cm³/mol. The van der Waals surface area contributed by atoms with Gasteiger partial charge >= 0.3 is 0 Å². The van der Waals surface area contributed by atoms with Crippen LogP contribution < -0.4 is 5.32 Å². The van der Waals surface area contributed by atoms with Crippen LogP contribution in [0, 0.1) is 0 Å². The second kappa shape index (κ2) is 7.14. The molecule has 1 heterocycles. The Kier molecular flexibility index (Phi) is 4.77. The molecule has 0 aliphatic rings. The number of fused-ring (bicyclic) bond motifs is 1. The molecule has 1 amide bonds. The Balaban J connectivity index is 1.60. The topological polar surface area (TPSA) is 44.9 Å². The lowest BCUT2D eigenvalue weighted by molar-refractivity contribution is -0.115. The van der Waals surface area contributed by atoms with E-state index in [1.54, 1.807) is 0 Å². The van der Waals surface area contributed by atoms with Crippen LogP contribution in [0.25, 0.3) is 10.9 Å². The zero-order valence-corrected chi connectivity index (χ0v) is 13.4. The van der Waals surface area contributed by atoms with Crippen LogP contribution >= 0.6 is 0 Å². The van der Waals surface area contributed by atoms with E-state index >= 15 is 0 Å². The summed E-state index contributed by atoms with van der Waals surface area (Å²) < 4.78 is 0. The summed E-state index contributed by atoms with van der Waals surface area (Å²) in [5.41, 5.74) is 4.30. The predicted octanol–water partition coefficient (Wildman–Crippen LogP) is 4.69. The molecule has 3 rings (SSSR count). The summed E-state index contributed by atoms with van der Waals surface area (Å²) in [5.74, 6) is 0.0150. The van der Waals surface area contributed by atoms with Gasteiger partial charge in [-0.25, -0.2) is 0 Å². The molecule has 0 aliphatic heterocycles. The van der Waals surface area contributed by atoms with Crippen molar-refractivity contribution < 1.29 is 4.79 Å². The Labute approximate surface area is 136 Å². The molecule has 118 valence electrons. The zero-order chi connectivity index (χ0) is 16.1. The molecule has 1 aromatic heterocycles. The number of nitrogens with one attached hydrogen (secondary N) is 2. The number of carbonyl (C=O) groups excluding carboxylic acids is 1. The quantitative estimate of drug-likeness (QED) is 0.681. The number of carbonyl (C=O) groups is 1. The third-order valence-electron chi connectivity index (χ3n) is 4.04. The monoisotopic (exact) mass is 306 g/mol. The molecule has 0 saturated heterocycles. The largest absolute Gasteiger partial charge is 0.361 e. The molecule has 23 heavy (non-hydrogen) atoms. The Bertz CT molecular complexity index is 787. The van der Waals surface area contributed by atoms with Gasteiger partial charge < -0.3 is 10.3 Å². The van der Waals surface area contributed by atoms with E-state index in [-0.39, 0.29) is 5.91 Å². The standard InChI is InChI=1S/C20H22N2O/c1-2-3-4-15-5-8-18(9-6-15)22-20(23)14-16-7-10-19-17(13-16)11-12-21-19/h5-13,21H,2-4,14H2,1H3,(H,22,23). The number of aryl methyl sites for hydroxylation is 1. The summed E-state index contributed by atoms with van der Waals surface area (Å²) in [4.78, 5) is 15.4. The highest BCUT2D eigenvalue weighted by molar-refractivity contribution is 5.93. The SMILES string of the molecule is CCCCc1ccc(NC(=O)Cc2ccc3[nH]ccc3c2)cc1. The number of benzene rings is 2. The molecular formula is C20H22N2O. The van der Waals surface area contributed by atoms with Crippen molar-refractivity contribution in [3.63, 3.8) is 0 Å². The van der Waals surface area contributed by atoms with E-state index in [4.69, 9.17) is 0 Å². The van der Waals surface area contributed by atoms with Crippen LogP contribution in [0.3, 0.4) is 0 Å². The van der Waals surface area contributed by atoms with Crippen LogP contribution in [0.2, 0.25) is 0 Å². The Hall–Kier alpha value is -2.55. The maximum atomic E-state index is 12.2. The minimum atomic E-state index is 0.0150. The number of anilines is 1. The van der Waals surface area contributed by atoms with E-state index in [9.17, 15) is 4.79 Å². The first-order valence-electron chi connectivity index (χ1n) is 8.19. The number of unbranched alkanes of at least 4 members (excludes halogenated alkanes) is 1. The molecule has 0 atom stereocenters. The van der Waals surface area contributed by atoms with E-state index in [1.165, 1.54) is 18.4 Å². The van der Waals surface area contributed by atoms with Crippen molar-refractivity contribution in [2.45, 2.75) is 32.6 Å². The number of aromatic nitrogens is 1. The number of amides is 1. The molecule has 0 bridgehead atoms. The van der Waals surface area contributed by atoms with Gasteiger partial charge in [-0.2, -0.15) is 0 Å². The van der Waals surface area contributed by atoms with Gasteiger partial charge in [0.05, 0.1) is 6.42 Å². The van der Waals surface area contributed by atoms with Crippen LogP contribution in [-0.4, -0.2) is 10.9 Å². The Morgan fingerprint density at radius 3 is 2.61 bits per heavy atom. The molecule has 2 aromatic carbocycles. The van der Waals surface area contributed by atoms with Crippen LogP contribution in [0.4, 0.5) is 5.69 Å². The molecule has 3 nitrogen and oxygen atoms in total. The number of hydrogen-bond donors (Lipinski definition) is 2. The first kappa shape index (κ1) is 15.3. The van der Waals surface area contributed by atoms with Gasteiger partial charge in [-0.15, -0.1) is 0 Å². The summed E-state index contributed by atoms with van der Waals surface area (Å²) in [7, 11) is 0. The summed E-state index contributed by atoms with van der Waals surface area (Å²) in [6.45, 7) is 2.19. The van der Waals surface area contributed by atoms with E-state index < -0.39 is 0 Å². The van der Waals surface area contributed by atoms with Crippen LogP contribution in [0.5, 0.6) is 0 Å². The molecule has 0 unspecified atom stereocenters. The molecule has 0 spiro atoms. The van der Waals surface area contributed by atoms with E-state index in [2.05, 4.69) is 35.4 Å². The molecule has 0 radical (unpaired) electrons. The number of hydrogen-bond acceptors (Lipinski definition) is 1. The van der Waals surface area contributed by atoms with Gasteiger partial charge in [0.1, 0.15) is 0 Å². The van der Waals surface area contributed by atoms with Crippen LogP contribution in [0.15, 0.2) is 54.7 Å².